The van der Waals surface area contributed by atoms with Crippen molar-refractivity contribution in [3.63, 3.8) is 0 Å². The third-order valence-corrected chi connectivity index (χ3v) is 16.8. The topological polar surface area (TPSA) is 516 Å². The van der Waals surface area contributed by atoms with E-state index in [1.807, 2.05) is 0 Å². The molecule has 0 aliphatic heterocycles. The molecule has 0 saturated heterocycles. The highest BCUT2D eigenvalue weighted by atomic mass is 16.2. The maximum absolute atomic E-state index is 14.8. The Morgan fingerprint density at radius 2 is 0.510 bits per heavy atom. The van der Waals surface area contributed by atoms with E-state index in [1.165, 1.54) is 0 Å². The van der Waals surface area contributed by atoms with E-state index in [1.54, 1.807) is 102 Å². The minimum absolute atomic E-state index is 0.0383. The lowest BCUT2D eigenvalue weighted by Crippen LogP contribution is -2.62. The zero-order valence-corrected chi connectivity index (χ0v) is 58.9. The van der Waals surface area contributed by atoms with Gasteiger partial charge in [-0.15, -0.1) is 0 Å². The van der Waals surface area contributed by atoms with Crippen LogP contribution in [-0.2, 0) is 65.6 Å². The second kappa shape index (κ2) is 48.9. The van der Waals surface area contributed by atoms with E-state index in [4.69, 9.17) is 45.9 Å². The fraction of sp³-hybridized carbons (Fsp3) is 0.667. The van der Waals surface area contributed by atoms with Gasteiger partial charge in [0.05, 0.1) is 6.04 Å². The molecule has 29 nitrogen and oxygen atoms in total. The Hall–Kier alpha value is -7.67. The average molecular weight is 1380 g/mol. The number of nitrogens with two attached hydrogens (primary N) is 8. The normalized spacial score (nSPS) is 14.7. The summed E-state index contributed by atoms with van der Waals surface area (Å²) in [6.45, 7) is 12.2. The fourth-order valence-electron chi connectivity index (χ4n) is 10.8. The van der Waals surface area contributed by atoms with E-state index in [2.05, 4.69) is 53.2 Å². The summed E-state index contributed by atoms with van der Waals surface area (Å²) in [5, 5.41) is 27.9. The summed E-state index contributed by atoms with van der Waals surface area (Å²) in [7, 11) is 0. The maximum atomic E-state index is 14.8. The molecule has 0 aliphatic rings. The number of nitrogens with one attached hydrogen (secondary N) is 10. The summed E-state index contributed by atoms with van der Waals surface area (Å²) < 4.78 is 0. The van der Waals surface area contributed by atoms with Crippen molar-refractivity contribution in [3.8, 4) is 0 Å². The molecule has 0 aliphatic carbocycles. The van der Waals surface area contributed by atoms with Gasteiger partial charge in [-0.1, -0.05) is 109 Å². The standard InChI is InChI=1S/C69H120N18O11/c1-43(2)56(67(96)82-51(32-16-22-38-73)62(91)83-54(41-46-25-9-7-10-26-46)65(94)80-50(31-15-21-37-72)61(90)78-49(59(77)88)30-14-20-36-71)85-64(93)53(34-18-24-40-75)81-66(95)55(42-47-27-11-8-12-28-47)84-68(97)57(44(3)4)87-69(98)58(45(5)6)86-63(92)52(33-17-23-39-74)79-60(89)48(76)29-13-19-35-70/h7-12,25-28,43-45,48-58H,13-24,29-42,70-76H2,1-6H3,(H2,77,88)(H,78,90)(H,79,89)(H,80,94)(H,81,95)(H,82,96)(H,83,91)(H,84,97)(H,85,93)(H,86,92)(H,87,98)/t48-,49-,50-,51-,52-,53+,54-,55-,56-,57-,58-/m0/s1. The van der Waals surface area contributed by atoms with Crippen molar-refractivity contribution in [2.24, 2.45) is 63.6 Å². The lowest BCUT2D eigenvalue weighted by Gasteiger charge is -2.30. The second-order valence-corrected chi connectivity index (χ2v) is 26.2. The van der Waals surface area contributed by atoms with Gasteiger partial charge in [-0.25, -0.2) is 0 Å². The number of amides is 11. The van der Waals surface area contributed by atoms with Gasteiger partial charge in [-0.2, -0.15) is 0 Å². The number of hydrogen-bond acceptors (Lipinski definition) is 18. The molecule has 0 bridgehead atoms. The molecule has 98 heavy (non-hydrogen) atoms. The molecule has 2 rings (SSSR count). The van der Waals surface area contributed by atoms with Crippen molar-refractivity contribution < 1.29 is 52.7 Å². The van der Waals surface area contributed by atoms with E-state index in [9.17, 15) is 52.7 Å². The fourth-order valence-corrected chi connectivity index (χ4v) is 10.8. The largest absolute Gasteiger partial charge is 0.368 e. The minimum Gasteiger partial charge on any atom is -0.368 e. The Kier molecular flexibility index (Phi) is 43.2. The van der Waals surface area contributed by atoms with Crippen LogP contribution in [-0.4, -0.2) is 171 Å². The van der Waals surface area contributed by atoms with Crippen LogP contribution in [0.3, 0.4) is 0 Å². The molecule has 0 spiro atoms. The van der Waals surface area contributed by atoms with E-state index in [-0.39, 0.29) is 58.0 Å². The van der Waals surface area contributed by atoms with Crippen LogP contribution in [0.5, 0.6) is 0 Å². The van der Waals surface area contributed by atoms with Gasteiger partial charge in [0.2, 0.25) is 65.0 Å². The molecule has 0 saturated carbocycles. The van der Waals surface area contributed by atoms with Gasteiger partial charge in [0, 0.05) is 12.8 Å². The van der Waals surface area contributed by atoms with E-state index >= 15 is 0 Å². The van der Waals surface area contributed by atoms with E-state index < -0.39 is 149 Å². The van der Waals surface area contributed by atoms with Gasteiger partial charge in [0.1, 0.15) is 60.4 Å². The summed E-state index contributed by atoms with van der Waals surface area (Å²) >= 11 is 0. The van der Waals surface area contributed by atoms with Crippen LogP contribution in [0.25, 0.3) is 0 Å². The van der Waals surface area contributed by atoms with Crippen LogP contribution in [0, 0.1) is 17.8 Å². The lowest BCUT2D eigenvalue weighted by molar-refractivity contribution is -0.137. The highest BCUT2D eigenvalue weighted by Crippen LogP contribution is 2.16. The van der Waals surface area contributed by atoms with Crippen LogP contribution in [0.1, 0.15) is 168 Å². The lowest BCUT2D eigenvalue weighted by atomic mass is 9.98. The molecule has 0 radical (unpaired) electrons. The van der Waals surface area contributed by atoms with Crippen LogP contribution in [0.4, 0.5) is 0 Å². The van der Waals surface area contributed by atoms with Crippen molar-refractivity contribution >= 4 is 65.0 Å². The van der Waals surface area contributed by atoms with Crippen LogP contribution in [0.2, 0.25) is 0 Å². The van der Waals surface area contributed by atoms with Gasteiger partial charge in [0.15, 0.2) is 0 Å². The van der Waals surface area contributed by atoms with Gasteiger partial charge in [-0.05, 0) is 177 Å². The molecule has 552 valence electrons. The average Bonchev–Trinajstić information content (AvgIpc) is 0.880. The summed E-state index contributed by atoms with van der Waals surface area (Å²) in [4.78, 5) is 156. The Labute approximate surface area is 579 Å². The number of unbranched alkanes of at least 4 members (excludes halogenated alkanes) is 6. The van der Waals surface area contributed by atoms with Gasteiger partial charge in [-0.3, -0.25) is 52.7 Å². The first kappa shape index (κ1) is 86.4. The SMILES string of the molecule is CC(C)[C@H](NC(=O)[C@H](CCCCN)NC(=O)[C@@H](N)CCCCN)C(=O)N[C@H](C(=O)N[C@@H](Cc1ccccc1)C(=O)N[C@H](CCCCN)C(=O)N[C@H](C(=O)N[C@@H](CCCCN)C(=O)N[C@@H](Cc1ccccc1)C(=O)N[C@@H](CCCCN)C(=O)N[C@@H](CCCCN)C(N)=O)C(C)C)C(C)C. The van der Waals surface area contributed by atoms with Gasteiger partial charge >= 0.3 is 0 Å². The summed E-state index contributed by atoms with van der Waals surface area (Å²) in [5.41, 5.74) is 47.7. The van der Waals surface area contributed by atoms with Crippen LogP contribution in [0.15, 0.2) is 60.7 Å². The summed E-state index contributed by atoms with van der Waals surface area (Å²) in [6.07, 6.45) is 6.95. The number of benzene rings is 2. The number of rotatable bonds is 52. The smallest absolute Gasteiger partial charge is 0.243 e. The molecule has 29 heteroatoms. The minimum atomic E-state index is -1.34. The number of carbonyl (C=O) groups is 11. The summed E-state index contributed by atoms with van der Waals surface area (Å²) in [5.74, 6) is -9.51. The maximum Gasteiger partial charge on any atom is 0.243 e. The van der Waals surface area contributed by atoms with Gasteiger partial charge in [0.25, 0.3) is 0 Å². The first-order valence-electron chi connectivity index (χ1n) is 35.1. The predicted octanol–water partition coefficient (Wildman–Crippen LogP) is -1.13. The molecule has 0 unspecified atom stereocenters. The van der Waals surface area contributed by atoms with E-state index in [0.717, 1.165) is 0 Å². The number of hydrogen-bond donors (Lipinski definition) is 18. The number of carbonyl (C=O) groups excluding carboxylic acids is 11. The number of primary amides is 1. The van der Waals surface area contributed by atoms with Crippen molar-refractivity contribution in [1.29, 1.82) is 0 Å². The zero-order chi connectivity index (χ0) is 73.1. The molecule has 0 heterocycles. The van der Waals surface area contributed by atoms with Crippen molar-refractivity contribution in [1.82, 2.24) is 53.2 Å². The third-order valence-electron chi connectivity index (χ3n) is 16.8. The Morgan fingerprint density at radius 1 is 0.286 bits per heavy atom. The molecular formula is C69H120N18O11. The first-order valence-corrected chi connectivity index (χ1v) is 35.1. The highest BCUT2D eigenvalue weighted by Gasteiger charge is 2.38. The van der Waals surface area contributed by atoms with E-state index in [0.29, 0.717) is 121 Å². The molecule has 11 amide bonds. The molecule has 11 atom stereocenters. The predicted molar refractivity (Wildman–Crippen MR) is 379 cm³/mol. The summed E-state index contributed by atoms with van der Waals surface area (Å²) in [6, 6.07) is 4.48. The van der Waals surface area contributed by atoms with Gasteiger partial charge < -0.3 is 99.0 Å². The quantitative estimate of drug-likeness (QED) is 0.0349. The third kappa shape index (κ3) is 33.3. The monoisotopic (exact) mass is 1380 g/mol. The van der Waals surface area contributed by atoms with Crippen molar-refractivity contribution in [2.75, 3.05) is 39.3 Å². The Morgan fingerprint density at radius 3 is 0.816 bits per heavy atom. The molecule has 2 aromatic rings. The van der Waals surface area contributed by atoms with Crippen LogP contribution < -0.4 is 99.0 Å². The second-order valence-electron chi connectivity index (χ2n) is 26.2. The van der Waals surface area contributed by atoms with Crippen LogP contribution >= 0.6 is 0 Å². The van der Waals surface area contributed by atoms with Crippen molar-refractivity contribution in [2.45, 2.75) is 236 Å². The molecule has 2 aromatic carbocycles. The Bertz CT molecular complexity index is 2730. The highest BCUT2D eigenvalue weighted by molar-refractivity contribution is 5.99. The zero-order valence-electron chi connectivity index (χ0n) is 58.9. The van der Waals surface area contributed by atoms with Crippen molar-refractivity contribution in [3.05, 3.63) is 71.8 Å². The molecular weight excluding hydrogens is 1260 g/mol. The molecule has 0 aromatic heterocycles. The first-order chi connectivity index (χ1) is 46.8. The Balaban J connectivity index is 2.53. The molecule has 0 fully saturated rings. The molecule has 26 N–H and O–H groups in total.